The maximum atomic E-state index is 13.2. The fourth-order valence-corrected chi connectivity index (χ4v) is 3.28. The molecule has 19 heavy (non-hydrogen) atoms. The van der Waals surface area contributed by atoms with Gasteiger partial charge in [0.25, 0.3) is 0 Å². The van der Waals surface area contributed by atoms with Crippen LogP contribution in [0.25, 0.3) is 0 Å². The molecule has 2 rings (SSSR count). The summed E-state index contributed by atoms with van der Waals surface area (Å²) in [7, 11) is 0. The van der Waals surface area contributed by atoms with Crippen molar-refractivity contribution in [2.24, 2.45) is 5.41 Å². The molecule has 0 amide bonds. The van der Waals surface area contributed by atoms with Crippen molar-refractivity contribution in [3.63, 3.8) is 0 Å². The van der Waals surface area contributed by atoms with E-state index in [-0.39, 0.29) is 11.2 Å². The minimum Gasteiger partial charge on any atom is -0.369 e. The van der Waals surface area contributed by atoms with Gasteiger partial charge < -0.3 is 10.2 Å². The molecule has 1 fully saturated rings. The fourth-order valence-electron chi connectivity index (χ4n) is 2.46. The Hall–Kier alpha value is -0.360. The van der Waals surface area contributed by atoms with E-state index in [1.165, 1.54) is 0 Å². The largest absolute Gasteiger partial charge is 0.369 e. The molecule has 2 nitrogen and oxygen atoms in total. The molecule has 1 saturated heterocycles. The summed E-state index contributed by atoms with van der Waals surface area (Å²) in [5, 5.41) is 3.63. The Balaban J connectivity index is 2.22. The van der Waals surface area contributed by atoms with Gasteiger partial charge in [-0.05, 0) is 59.2 Å². The van der Waals surface area contributed by atoms with Crippen molar-refractivity contribution >= 4 is 28.3 Å². The van der Waals surface area contributed by atoms with Crippen molar-refractivity contribution in [2.45, 2.75) is 33.2 Å². The highest BCUT2D eigenvalue weighted by atomic mass is 127. The van der Waals surface area contributed by atoms with Gasteiger partial charge in [-0.15, -0.1) is 0 Å². The van der Waals surface area contributed by atoms with Gasteiger partial charge >= 0.3 is 0 Å². The van der Waals surface area contributed by atoms with Crippen LogP contribution >= 0.6 is 22.6 Å². The van der Waals surface area contributed by atoms with Gasteiger partial charge in [0.15, 0.2) is 0 Å². The minimum atomic E-state index is -0.159. The highest BCUT2D eigenvalue weighted by Gasteiger charge is 2.28. The fraction of sp³-hybridized carbons (Fsp3) is 0.600. The Labute approximate surface area is 128 Å². The molecule has 1 aromatic rings. The second kappa shape index (κ2) is 5.95. The quantitative estimate of drug-likeness (QED) is 0.753. The molecule has 106 valence electrons. The lowest BCUT2D eigenvalue weighted by Gasteiger charge is -2.35. The van der Waals surface area contributed by atoms with Gasteiger partial charge in [-0.25, -0.2) is 4.39 Å². The van der Waals surface area contributed by atoms with Crippen LogP contribution in [0.5, 0.6) is 0 Å². The van der Waals surface area contributed by atoms with Gasteiger partial charge in [0, 0.05) is 22.7 Å². The van der Waals surface area contributed by atoms with Gasteiger partial charge in [-0.2, -0.15) is 0 Å². The SMILES string of the molecule is CC(C)(C)C1CN(c2ccc(F)cc2I)CCCN1. The van der Waals surface area contributed by atoms with Crippen LogP contribution in [-0.4, -0.2) is 25.7 Å². The van der Waals surface area contributed by atoms with E-state index in [9.17, 15) is 4.39 Å². The molecule has 1 N–H and O–H groups in total. The van der Waals surface area contributed by atoms with Gasteiger partial charge in [0.05, 0.1) is 5.69 Å². The van der Waals surface area contributed by atoms with E-state index in [1.54, 1.807) is 12.1 Å². The molecule has 1 atom stereocenters. The van der Waals surface area contributed by atoms with Gasteiger partial charge in [0.2, 0.25) is 0 Å². The first-order chi connectivity index (χ1) is 8.88. The summed E-state index contributed by atoms with van der Waals surface area (Å²) < 4.78 is 14.2. The standard InChI is InChI=1S/C15H22FIN2/c1-15(2,3)14-10-19(8-4-7-18-14)13-6-5-11(16)9-12(13)17/h5-6,9,14,18H,4,7-8,10H2,1-3H3. The molecule has 4 heteroatoms. The maximum absolute atomic E-state index is 13.2. The van der Waals surface area contributed by atoms with Crippen LogP contribution in [0.1, 0.15) is 27.2 Å². The Morgan fingerprint density at radius 1 is 1.37 bits per heavy atom. The van der Waals surface area contributed by atoms with Crippen molar-refractivity contribution in [1.82, 2.24) is 5.32 Å². The summed E-state index contributed by atoms with van der Waals surface area (Å²) >= 11 is 2.23. The van der Waals surface area contributed by atoms with E-state index >= 15 is 0 Å². The number of hydrogen-bond donors (Lipinski definition) is 1. The Morgan fingerprint density at radius 2 is 2.11 bits per heavy atom. The summed E-state index contributed by atoms with van der Waals surface area (Å²) in [5.74, 6) is -0.159. The summed E-state index contributed by atoms with van der Waals surface area (Å²) in [6.07, 6.45) is 1.13. The summed E-state index contributed by atoms with van der Waals surface area (Å²) in [4.78, 5) is 2.39. The molecule has 1 aromatic carbocycles. The van der Waals surface area contributed by atoms with Gasteiger partial charge in [-0.1, -0.05) is 20.8 Å². The first kappa shape index (κ1) is 15.0. The van der Waals surface area contributed by atoms with Crippen LogP contribution in [-0.2, 0) is 0 Å². The second-order valence-corrected chi connectivity index (χ2v) is 7.43. The molecule has 0 aromatic heterocycles. The van der Waals surface area contributed by atoms with E-state index in [0.29, 0.717) is 6.04 Å². The Morgan fingerprint density at radius 3 is 2.74 bits per heavy atom. The van der Waals surface area contributed by atoms with Crippen LogP contribution in [0.2, 0.25) is 0 Å². The van der Waals surface area contributed by atoms with Gasteiger partial charge in [-0.3, -0.25) is 0 Å². The Kier molecular flexibility index (Phi) is 4.71. The summed E-state index contributed by atoms with van der Waals surface area (Å²) in [6.45, 7) is 9.86. The number of halogens is 2. The smallest absolute Gasteiger partial charge is 0.124 e. The molecule has 0 spiro atoms. The lowest BCUT2D eigenvalue weighted by Crippen LogP contribution is -2.46. The average molecular weight is 376 g/mol. The third-order valence-corrected chi connectivity index (χ3v) is 4.56. The molecule has 1 aliphatic heterocycles. The molecular formula is C15H22FIN2. The van der Waals surface area contributed by atoms with Crippen LogP contribution < -0.4 is 10.2 Å². The topological polar surface area (TPSA) is 15.3 Å². The van der Waals surface area contributed by atoms with Crippen LogP contribution in [0.3, 0.4) is 0 Å². The Bertz CT molecular complexity index is 442. The van der Waals surface area contributed by atoms with E-state index in [4.69, 9.17) is 0 Å². The third kappa shape index (κ3) is 3.81. The maximum Gasteiger partial charge on any atom is 0.124 e. The normalized spacial score (nSPS) is 21.3. The zero-order valence-corrected chi connectivity index (χ0v) is 14.0. The third-order valence-electron chi connectivity index (χ3n) is 3.69. The van der Waals surface area contributed by atoms with Crippen molar-refractivity contribution in [3.05, 3.63) is 27.6 Å². The van der Waals surface area contributed by atoms with E-state index < -0.39 is 0 Å². The highest BCUT2D eigenvalue weighted by molar-refractivity contribution is 14.1. The minimum absolute atomic E-state index is 0.159. The van der Waals surface area contributed by atoms with E-state index in [2.05, 4.69) is 53.6 Å². The van der Waals surface area contributed by atoms with E-state index in [1.807, 2.05) is 6.07 Å². The zero-order chi connectivity index (χ0) is 14.0. The number of anilines is 1. The van der Waals surface area contributed by atoms with Crippen molar-refractivity contribution < 1.29 is 4.39 Å². The monoisotopic (exact) mass is 376 g/mol. The predicted molar refractivity (Wildman–Crippen MR) is 87.2 cm³/mol. The average Bonchev–Trinajstić information content (AvgIpc) is 2.54. The molecule has 1 aliphatic rings. The molecular weight excluding hydrogens is 354 g/mol. The van der Waals surface area contributed by atoms with E-state index in [0.717, 1.165) is 35.3 Å². The first-order valence-electron chi connectivity index (χ1n) is 6.81. The van der Waals surface area contributed by atoms with Crippen molar-refractivity contribution in [3.8, 4) is 0 Å². The lowest BCUT2D eigenvalue weighted by molar-refractivity contribution is 0.280. The first-order valence-corrected chi connectivity index (χ1v) is 7.89. The number of nitrogens with zero attached hydrogens (tertiary/aromatic N) is 1. The second-order valence-electron chi connectivity index (χ2n) is 6.27. The molecule has 0 aliphatic carbocycles. The summed E-state index contributed by atoms with van der Waals surface area (Å²) in [6, 6.07) is 5.53. The van der Waals surface area contributed by atoms with Crippen molar-refractivity contribution in [2.75, 3.05) is 24.5 Å². The number of hydrogen-bond acceptors (Lipinski definition) is 2. The number of nitrogens with one attached hydrogen (secondary N) is 1. The van der Waals surface area contributed by atoms with Crippen LogP contribution in [0, 0.1) is 14.8 Å². The lowest BCUT2D eigenvalue weighted by atomic mass is 9.86. The zero-order valence-electron chi connectivity index (χ0n) is 11.8. The molecule has 1 unspecified atom stereocenters. The van der Waals surface area contributed by atoms with Crippen molar-refractivity contribution in [1.29, 1.82) is 0 Å². The van der Waals surface area contributed by atoms with Crippen LogP contribution in [0.4, 0.5) is 10.1 Å². The predicted octanol–water partition coefficient (Wildman–Crippen LogP) is 3.64. The molecule has 0 saturated carbocycles. The molecule has 1 heterocycles. The highest BCUT2D eigenvalue weighted by Crippen LogP contribution is 2.28. The van der Waals surface area contributed by atoms with Gasteiger partial charge in [0.1, 0.15) is 5.82 Å². The summed E-state index contributed by atoms with van der Waals surface area (Å²) in [5.41, 5.74) is 1.38. The number of benzene rings is 1. The van der Waals surface area contributed by atoms with Crippen LogP contribution in [0.15, 0.2) is 18.2 Å². The molecule has 0 radical (unpaired) electrons. The number of rotatable bonds is 1. The molecule has 0 bridgehead atoms.